The molecule has 7 aromatic carbocycles. The predicted molar refractivity (Wildman–Crippen MR) is 177 cm³/mol. The van der Waals surface area contributed by atoms with Crippen molar-refractivity contribution in [2.45, 2.75) is 0 Å². The van der Waals surface area contributed by atoms with Crippen LogP contribution in [0.4, 0.5) is 0 Å². The smallest absolute Gasteiger partial charge is 0.143 e. The highest BCUT2D eigenvalue weighted by Crippen LogP contribution is 2.47. The summed E-state index contributed by atoms with van der Waals surface area (Å²) in [5.41, 5.74) is 8.96. The monoisotopic (exact) mass is 550 g/mol. The lowest BCUT2D eigenvalue weighted by Gasteiger charge is -2.17. The molecule has 0 spiro atoms. The number of fused-ring (bicyclic) bond motifs is 9. The van der Waals surface area contributed by atoms with Gasteiger partial charge in [-0.1, -0.05) is 91.0 Å². The summed E-state index contributed by atoms with van der Waals surface area (Å²) in [5.74, 6) is 0. The maximum Gasteiger partial charge on any atom is 0.143 e. The topological polar surface area (TPSA) is 39.4 Å². The number of para-hydroxylation sites is 2. The molecule has 0 aliphatic rings. The van der Waals surface area contributed by atoms with Crippen LogP contribution < -0.4 is 0 Å². The third-order valence-corrected chi connectivity index (χ3v) is 8.94. The van der Waals surface area contributed by atoms with Crippen molar-refractivity contribution in [3.8, 4) is 22.3 Å². The Morgan fingerprint density at radius 1 is 0.372 bits per heavy atom. The van der Waals surface area contributed by atoms with Gasteiger partial charge in [-0.05, 0) is 63.0 Å². The van der Waals surface area contributed by atoms with E-state index in [0.717, 1.165) is 66.0 Å². The summed E-state index contributed by atoms with van der Waals surface area (Å²) in [6.07, 6.45) is 1.72. The van der Waals surface area contributed by atoms with E-state index in [0.29, 0.717) is 0 Å². The molecular weight excluding hydrogens is 528 g/mol. The molecule has 200 valence electrons. The van der Waals surface area contributed by atoms with E-state index in [1.54, 1.807) is 6.26 Å². The molecule has 0 saturated heterocycles. The lowest BCUT2D eigenvalue weighted by atomic mass is 9.85. The van der Waals surface area contributed by atoms with Crippen LogP contribution in [-0.4, -0.2) is 0 Å². The molecule has 43 heavy (non-hydrogen) atoms. The minimum atomic E-state index is 0.832. The zero-order valence-corrected chi connectivity index (χ0v) is 22.9. The van der Waals surface area contributed by atoms with Crippen LogP contribution in [0.1, 0.15) is 0 Å². The highest BCUT2D eigenvalue weighted by atomic mass is 16.3. The highest BCUT2D eigenvalue weighted by molar-refractivity contribution is 6.24. The van der Waals surface area contributed by atoms with E-state index in [4.69, 9.17) is 13.3 Å². The summed E-state index contributed by atoms with van der Waals surface area (Å²) in [4.78, 5) is 0. The molecule has 0 N–H and O–H groups in total. The van der Waals surface area contributed by atoms with Crippen molar-refractivity contribution >= 4 is 76.4 Å². The van der Waals surface area contributed by atoms with Gasteiger partial charge in [0.25, 0.3) is 0 Å². The lowest BCUT2D eigenvalue weighted by Crippen LogP contribution is -1.91. The molecule has 0 aliphatic heterocycles. The molecule has 0 atom stereocenters. The average molecular weight is 551 g/mol. The molecule has 3 aromatic heterocycles. The molecule has 0 unspecified atom stereocenters. The number of benzene rings is 7. The van der Waals surface area contributed by atoms with Crippen molar-refractivity contribution in [3.63, 3.8) is 0 Å². The second-order valence-electron chi connectivity index (χ2n) is 11.2. The molecule has 10 rings (SSSR count). The van der Waals surface area contributed by atoms with Gasteiger partial charge in [0.05, 0.1) is 6.26 Å². The van der Waals surface area contributed by atoms with E-state index < -0.39 is 0 Å². The molecule has 0 aliphatic carbocycles. The fraction of sp³-hybridized carbons (Fsp3) is 0. The number of hydrogen-bond acceptors (Lipinski definition) is 3. The van der Waals surface area contributed by atoms with E-state index in [2.05, 4.69) is 103 Å². The van der Waals surface area contributed by atoms with Crippen molar-refractivity contribution in [2.75, 3.05) is 0 Å². The number of rotatable bonds is 2. The fourth-order valence-corrected chi connectivity index (χ4v) is 7.06. The Balaban J connectivity index is 1.29. The van der Waals surface area contributed by atoms with Crippen LogP contribution in [-0.2, 0) is 0 Å². The van der Waals surface area contributed by atoms with Gasteiger partial charge in [-0.2, -0.15) is 0 Å². The van der Waals surface area contributed by atoms with Gasteiger partial charge in [-0.3, -0.25) is 0 Å². The largest absolute Gasteiger partial charge is 0.464 e. The molecule has 10 aromatic rings. The first kappa shape index (κ1) is 22.8. The van der Waals surface area contributed by atoms with Crippen LogP contribution in [0, 0.1) is 0 Å². The molecule has 0 radical (unpaired) electrons. The first-order chi connectivity index (χ1) is 21.3. The van der Waals surface area contributed by atoms with Gasteiger partial charge in [-0.15, -0.1) is 0 Å². The minimum Gasteiger partial charge on any atom is -0.464 e. The van der Waals surface area contributed by atoms with Crippen molar-refractivity contribution in [1.82, 2.24) is 0 Å². The quantitative estimate of drug-likeness (QED) is 0.201. The molecule has 3 heteroatoms. The summed E-state index contributed by atoms with van der Waals surface area (Å²) in [6.45, 7) is 0. The van der Waals surface area contributed by atoms with Crippen LogP contribution in [0.15, 0.2) is 147 Å². The Bertz CT molecular complexity index is 2680. The normalized spacial score (nSPS) is 12.2. The molecule has 0 saturated carbocycles. The first-order valence-corrected chi connectivity index (χ1v) is 14.5. The summed E-state index contributed by atoms with van der Waals surface area (Å²) in [5, 5.41) is 10.3. The van der Waals surface area contributed by atoms with Crippen LogP contribution >= 0.6 is 0 Å². The number of hydrogen-bond donors (Lipinski definition) is 0. The highest BCUT2D eigenvalue weighted by Gasteiger charge is 2.21. The van der Waals surface area contributed by atoms with E-state index in [1.165, 1.54) is 32.7 Å². The van der Waals surface area contributed by atoms with Crippen molar-refractivity contribution in [2.24, 2.45) is 0 Å². The van der Waals surface area contributed by atoms with Crippen molar-refractivity contribution in [1.29, 1.82) is 0 Å². The summed E-state index contributed by atoms with van der Waals surface area (Å²) in [7, 11) is 0. The van der Waals surface area contributed by atoms with Gasteiger partial charge >= 0.3 is 0 Å². The molecule has 3 heterocycles. The third kappa shape index (κ3) is 3.14. The van der Waals surface area contributed by atoms with Gasteiger partial charge in [0, 0.05) is 44.1 Å². The standard InChI is InChI=1S/C40H22O3/c1-3-11-29-27(9-1)38(24-16-17-26-33-20-23-18-19-41-35(23)22-37(33)42-36(26)21-24)28-10-2-4-12-30(28)39(29)32-14-7-13-31-25-8-5-6-15-34(25)43-40(31)32/h1-22H. The maximum absolute atomic E-state index is 6.53. The SMILES string of the molecule is c1ccc2c(c1)oc1c(-c3c4ccccc4c(-c4ccc5c(c4)oc4cc6occc6cc45)c4ccccc34)cccc12. The summed E-state index contributed by atoms with van der Waals surface area (Å²) in [6, 6.07) is 44.9. The Kier molecular flexibility index (Phi) is 4.45. The predicted octanol–water partition coefficient (Wildman–Crippen LogP) is 11.9. The zero-order valence-electron chi connectivity index (χ0n) is 22.9. The van der Waals surface area contributed by atoms with Gasteiger partial charge in [0.15, 0.2) is 0 Å². The Labute approximate surface area is 245 Å². The third-order valence-electron chi connectivity index (χ3n) is 8.94. The fourth-order valence-electron chi connectivity index (χ4n) is 7.06. The molecule has 0 amide bonds. The van der Waals surface area contributed by atoms with E-state index in [1.807, 2.05) is 24.3 Å². The number of furan rings is 3. The van der Waals surface area contributed by atoms with Crippen LogP contribution in [0.2, 0.25) is 0 Å². The van der Waals surface area contributed by atoms with Crippen LogP contribution in [0.25, 0.3) is 98.6 Å². The van der Waals surface area contributed by atoms with E-state index >= 15 is 0 Å². The van der Waals surface area contributed by atoms with Crippen molar-refractivity contribution in [3.05, 3.63) is 134 Å². The Hall–Kier alpha value is -5.80. The van der Waals surface area contributed by atoms with Crippen LogP contribution in [0.3, 0.4) is 0 Å². The molecule has 0 bridgehead atoms. The summed E-state index contributed by atoms with van der Waals surface area (Å²) >= 11 is 0. The zero-order chi connectivity index (χ0) is 28.1. The minimum absolute atomic E-state index is 0.832. The first-order valence-electron chi connectivity index (χ1n) is 14.5. The van der Waals surface area contributed by atoms with Gasteiger partial charge in [-0.25, -0.2) is 0 Å². The molecular formula is C40H22O3. The lowest BCUT2D eigenvalue weighted by molar-refractivity contribution is 0.613. The average Bonchev–Trinajstić information content (AvgIpc) is 3.77. The van der Waals surface area contributed by atoms with E-state index in [-0.39, 0.29) is 0 Å². The Morgan fingerprint density at radius 2 is 1.02 bits per heavy atom. The maximum atomic E-state index is 6.53. The van der Waals surface area contributed by atoms with E-state index in [9.17, 15) is 0 Å². The Morgan fingerprint density at radius 3 is 1.81 bits per heavy atom. The van der Waals surface area contributed by atoms with Gasteiger partial charge in [0.2, 0.25) is 0 Å². The molecule has 0 fully saturated rings. The van der Waals surface area contributed by atoms with Crippen LogP contribution in [0.5, 0.6) is 0 Å². The second kappa shape index (κ2) is 8.37. The van der Waals surface area contributed by atoms with Gasteiger partial charge in [0.1, 0.15) is 27.9 Å². The summed E-state index contributed by atoms with van der Waals surface area (Å²) < 4.78 is 18.6. The van der Waals surface area contributed by atoms with Gasteiger partial charge < -0.3 is 13.3 Å². The second-order valence-corrected chi connectivity index (χ2v) is 11.2. The molecule has 3 nitrogen and oxygen atoms in total. The van der Waals surface area contributed by atoms with Crippen molar-refractivity contribution < 1.29 is 13.3 Å².